The molecule has 3 aromatic rings. The monoisotopic (exact) mass is 530 g/mol. The van der Waals surface area contributed by atoms with Gasteiger partial charge in [-0.1, -0.05) is 23.8 Å². The van der Waals surface area contributed by atoms with Crippen LogP contribution in [-0.4, -0.2) is 37.9 Å². The minimum Gasteiger partial charge on any atom is -0.293 e. The van der Waals surface area contributed by atoms with Gasteiger partial charge in [0.1, 0.15) is 0 Å². The van der Waals surface area contributed by atoms with Crippen LogP contribution in [0.4, 0.5) is 10.1 Å². The highest BCUT2D eigenvalue weighted by atomic mass is 32.2. The number of thiophene rings is 1. The third-order valence-corrected chi connectivity index (χ3v) is 9.28. The Morgan fingerprint density at radius 3 is 2.50 bits per heavy atom. The first kappa shape index (κ1) is 26.7. The fourth-order valence-electron chi connectivity index (χ4n) is 4.80. The van der Waals surface area contributed by atoms with Crippen molar-refractivity contribution in [3.05, 3.63) is 81.6 Å². The molecule has 4 rings (SSSR count). The fraction of sp³-hybridized carbons (Fsp3) is 0.444. The highest BCUT2D eigenvalue weighted by Gasteiger charge is 2.44. The second kappa shape index (κ2) is 10.6. The molecule has 0 saturated carbocycles. The van der Waals surface area contributed by atoms with Crippen LogP contribution in [0.25, 0.3) is 0 Å². The van der Waals surface area contributed by atoms with Crippen LogP contribution >= 0.6 is 11.3 Å². The molecule has 1 aliphatic heterocycles. The summed E-state index contributed by atoms with van der Waals surface area (Å²) in [6.07, 6.45) is 4.25. The van der Waals surface area contributed by atoms with Gasteiger partial charge >= 0.3 is 0 Å². The standard InChI is InChI=1S/C27H35FN4O2S2/c1-20-5-9-23(10-6-20)31-36(33,34)30-18-27(14-13-24-11-12-25(28)35-24)15-16-32(19-27)26(3,4)22-8-7-21(2)29-17-22/h5-12,17,30-31H,13-16,18-19H2,1-4H3/t27-/m0/s1. The zero-order valence-electron chi connectivity index (χ0n) is 21.3. The van der Waals surface area contributed by atoms with E-state index in [1.54, 1.807) is 12.1 Å². The Bertz CT molecular complexity index is 1270. The second-order valence-corrected chi connectivity index (χ2v) is 13.0. The van der Waals surface area contributed by atoms with Crippen LogP contribution in [-0.2, 0) is 22.2 Å². The number of rotatable bonds is 10. The summed E-state index contributed by atoms with van der Waals surface area (Å²) in [5.74, 6) is 0. The number of nitrogens with one attached hydrogen (secondary N) is 2. The van der Waals surface area contributed by atoms with E-state index < -0.39 is 10.2 Å². The third-order valence-electron chi connectivity index (χ3n) is 7.32. The molecule has 1 fully saturated rings. The molecule has 36 heavy (non-hydrogen) atoms. The van der Waals surface area contributed by atoms with Crippen LogP contribution in [0.15, 0.2) is 54.7 Å². The Hall–Kier alpha value is -2.33. The third kappa shape index (κ3) is 6.51. The molecule has 1 saturated heterocycles. The van der Waals surface area contributed by atoms with E-state index in [2.05, 4.69) is 39.2 Å². The maximum Gasteiger partial charge on any atom is 0.299 e. The van der Waals surface area contributed by atoms with Gasteiger partial charge in [0, 0.05) is 41.1 Å². The zero-order chi connectivity index (χ0) is 26.0. The van der Waals surface area contributed by atoms with Gasteiger partial charge in [-0.15, -0.1) is 11.3 Å². The minimum absolute atomic E-state index is 0.192. The predicted molar refractivity (Wildman–Crippen MR) is 145 cm³/mol. The van der Waals surface area contributed by atoms with E-state index >= 15 is 0 Å². The van der Waals surface area contributed by atoms with Gasteiger partial charge in [0.2, 0.25) is 0 Å². The molecule has 9 heteroatoms. The summed E-state index contributed by atoms with van der Waals surface area (Å²) in [6, 6.07) is 14.7. The number of nitrogens with zero attached hydrogens (tertiary/aromatic N) is 2. The maximum absolute atomic E-state index is 13.6. The quantitative estimate of drug-likeness (QED) is 0.368. The Morgan fingerprint density at radius 2 is 1.86 bits per heavy atom. The average molecular weight is 531 g/mol. The molecule has 2 aromatic heterocycles. The van der Waals surface area contributed by atoms with Crippen LogP contribution in [0, 0.1) is 24.4 Å². The predicted octanol–water partition coefficient (Wildman–Crippen LogP) is 5.41. The molecule has 0 bridgehead atoms. The number of benzene rings is 1. The SMILES string of the molecule is Cc1ccc(NS(=O)(=O)NC[C@]2(CCc3ccc(F)s3)CCN(C(C)(C)c3ccc(C)nc3)C2)cc1. The molecule has 1 atom stereocenters. The highest BCUT2D eigenvalue weighted by molar-refractivity contribution is 7.90. The summed E-state index contributed by atoms with van der Waals surface area (Å²) in [6.45, 7) is 10.2. The van der Waals surface area contributed by atoms with Gasteiger partial charge in [0.05, 0.1) is 0 Å². The Labute approximate surface area is 218 Å². The molecule has 2 N–H and O–H groups in total. The summed E-state index contributed by atoms with van der Waals surface area (Å²) in [5, 5.41) is -0.192. The average Bonchev–Trinajstić information content (AvgIpc) is 3.45. The van der Waals surface area contributed by atoms with Crippen molar-refractivity contribution in [1.29, 1.82) is 0 Å². The number of aryl methyl sites for hydroxylation is 3. The van der Waals surface area contributed by atoms with Crippen LogP contribution in [0.5, 0.6) is 0 Å². The summed E-state index contributed by atoms with van der Waals surface area (Å²) in [5.41, 5.74) is 3.16. The van der Waals surface area contributed by atoms with E-state index in [0.717, 1.165) is 59.0 Å². The Kier molecular flexibility index (Phi) is 7.85. The topological polar surface area (TPSA) is 74.3 Å². The lowest BCUT2D eigenvalue weighted by Crippen LogP contribution is -2.45. The molecule has 6 nitrogen and oxygen atoms in total. The summed E-state index contributed by atoms with van der Waals surface area (Å²) in [4.78, 5) is 7.88. The number of aromatic nitrogens is 1. The maximum atomic E-state index is 13.6. The first-order valence-electron chi connectivity index (χ1n) is 12.2. The van der Waals surface area contributed by atoms with E-state index in [1.807, 2.05) is 44.3 Å². The van der Waals surface area contributed by atoms with E-state index in [0.29, 0.717) is 18.7 Å². The zero-order valence-corrected chi connectivity index (χ0v) is 23.0. The van der Waals surface area contributed by atoms with Gasteiger partial charge < -0.3 is 0 Å². The van der Waals surface area contributed by atoms with Crippen LogP contribution in [0.1, 0.15) is 48.4 Å². The normalized spacial score (nSPS) is 19.0. The molecule has 0 amide bonds. The second-order valence-electron chi connectivity index (χ2n) is 10.4. The van der Waals surface area contributed by atoms with Gasteiger partial charge in [0.25, 0.3) is 10.2 Å². The molecular formula is C27H35FN4O2S2. The summed E-state index contributed by atoms with van der Waals surface area (Å²) in [7, 11) is -3.75. The smallest absolute Gasteiger partial charge is 0.293 e. The van der Waals surface area contributed by atoms with E-state index in [-0.39, 0.29) is 16.1 Å². The summed E-state index contributed by atoms with van der Waals surface area (Å²) >= 11 is 1.16. The lowest BCUT2D eigenvalue weighted by molar-refractivity contribution is 0.128. The van der Waals surface area contributed by atoms with E-state index in [1.165, 1.54) is 6.07 Å². The van der Waals surface area contributed by atoms with Crippen molar-refractivity contribution in [2.24, 2.45) is 5.41 Å². The Balaban J connectivity index is 1.50. The molecular weight excluding hydrogens is 495 g/mol. The summed E-state index contributed by atoms with van der Waals surface area (Å²) < 4.78 is 44.8. The molecule has 0 spiro atoms. The molecule has 1 aliphatic rings. The number of likely N-dealkylation sites (tertiary alicyclic amines) is 1. The van der Waals surface area contributed by atoms with Gasteiger partial charge in [-0.2, -0.15) is 17.5 Å². The van der Waals surface area contributed by atoms with Gasteiger partial charge in [0.15, 0.2) is 5.13 Å². The van der Waals surface area contributed by atoms with E-state index in [9.17, 15) is 12.8 Å². The molecule has 0 aliphatic carbocycles. The fourth-order valence-corrected chi connectivity index (χ4v) is 6.54. The lowest BCUT2D eigenvalue weighted by atomic mass is 9.82. The Morgan fingerprint density at radius 1 is 1.11 bits per heavy atom. The van der Waals surface area contributed by atoms with Crippen molar-refractivity contribution in [3.63, 3.8) is 0 Å². The highest BCUT2D eigenvalue weighted by Crippen LogP contribution is 2.41. The van der Waals surface area contributed by atoms with Crippen molar-refractivity contribution in [3.8, 4) is 0 Å². The first-order valence-corrected chi connectivity index (χ1v) is 14.5. The largest absolute Gasteiger partial charge is 0.299 e. The van der Waals surface area contributed by atoms with Crippen molar-refractivity contribution in [2.45, 2.75) is 52.5 Å². The van der Waals surface area contributed by atoms with Crippen molar-refractivity contribution in [2.75, 3.05) is 24.4 Å². The van der Waals surface area contributed by atoms with Crippen molar-refractivity contribution < 1.29 is 12.8 Å². The van der Waals surface area contributed by atoms with Gasteiger partial charge in [-0.25, -0.2) is 0 Å². The number of anilines is 1. The molecule has 0 radical (unpaired) electrons. The molecule has 194 valence electrons. The van der Waals surface area contributed by atoms with Crippen molar-refractivity contribution in [1.82, 2.24) is 14.6 Å². The van der Waals surface area contributed by atoms with Gasteiger partial charge in [-0.3, -0.25) is 14.6 Å². The number of halogens is 1. The number of hydrogen-bond donors (Lipinski definition) is 2. The van der Waals surface area contributed by atoms with Crippen LogP contribution in [0.3, 0.4) is 0 Å². The minimum atomic E-state index is -3.75. The first-order chi connectivity index (χ1) is 17.0. The molecule has 0 unspecified atom stereocenters. The molecule has 3 heterocycles. The van der Waals surface area contributed by atoms with Gasteiger partial charge in [-0.05, 0) is 94.8 Å². The van der Waals surface area contributed by atoms with Crippen LogP contribution in [0.2, 0.25) is 0 Å². The number of pyridine rings is 1. The lowest BCUT2D eigenvalue weighted by Gasteiger charge is -2.38. The van der Waals surface area contributed by atoms with Crippen LogP contribution < -0.4 is 9.44 Å². The molecule has 1 aromatic carbocycles. The van der Waals surface area contributed by atoms with Crippen molar-refractivity contribution >= 4 is 27.2 Å². The van der Waals surface area contributed by atoms with E-state index in [4.69, 9.17) is 0 Å². The number of hydrogen-bond acceptors (Lipinski definition) is 5.